The van der Waals surface area contributed by atoms with Crippen LogP contribution in [0.4, 0.5) is 0 Å². The molecule has 0 aliphatic carbocycles. The van der Waals surface area contributed by atoms with Crippen molar-refractivity contribution in [3.05, 3.63) is 60.8 Å². The lowest BCUT2D eigenvalue weighted by Gasteiger charge is -2.18. The molecule has 0 saturated heterocycles. The first-order chi connectivity index (χ1) is 22.7. The number of phosphoric ester groups is 1. The summed E-state index contributed by atoms with van der Waals surface area (Å²) in [5, 5.41) is 0. The van der Waals surface area contributed by atoms with E-state index in [0.29, 0.717) is 25.7 Å². The van der Waals surface area contributed by atoms with E-state index in [4.69, 9.17) is 19.3 Å². The van der Waals surface area contributed by atoms with Gasteiger partial charge in [-0.05, 0) is 63.9 Å². The number of rotatable bonds is 31. The molecule has 0 aliphatic rings. The van der Waals surface area contributed by atoms with Gasteiger partial charge in [-0.2, -0.15) is 0 Å². The van der Waals surface area contributed by atoms with Gasteiger partial charge in [0.05, 0.1) is 6.61 Å². The van der Waals surface area contributed by atoms with Crippen molar-refractivity contribution in [3.63, 3.8) is 0 Å². The van der Waals surface area contributed by atoms with Crippen LogP contribution in [-0.4, -0.2) is 46.8 Å². The Morgan fingerprint density at radius 2 is 1.19 bits per heavy atom. The molecular formula is C37H61O9P. The lowest BCUT2D eigenvalue weighted by molar-refractivity contribution is -0.161. The topological polar surface area (TPSA) is 136 Å². The van der Waals surface area contributed by atoms with Gasteiger partial charge >= 0.3 is 19.8 Å². The molecule has 0 aromatic carbocycles. The third-order valence-electron chi connectivity index (χ3n) is 6.99. The van der Waals surface area contributed by atoms with E-state index in [9.17, 15) is 18.9 Å². The van der Waals surface area contributed by atoms with Gasteiger partial charge in [-0.1, -0.05) is 113 Å². The number of carbonyl (C=O) groups excluding carboxylic acids is 3. The highest BCUT2D eigenvalue weighted by atomic mass is 31.2. The fourth-order valence-corrected chi connectivity index (χ4v) is 4.66. The first-order valence-corrected chi connectivity index (χ1v) is 19.1. The first kappa shape index (κ1) is 44.4. The van der Waals surface area contributed by atoms with Crippen LogP contribution in [-0.2, 0) is 32.9 Å². The summed E-state index contributed by atoms with van der Waals surface area (Å²) < 4.78 is 26.1. The van der Waals surface area contributed by atoms with Crippen LogP contribution in [0.3, 0.4) is 0 Å². The summed E-state index contributed by atoms with van der Waals surface area (Å²) in [5.41, 5.74) is 0. The van der Waals surface area contributed by atoms with Gasteiger partial charge in [-0.15, -0.1) is 0 Å². The van der Waals surface area contributed by atoms with Gasteiger partial charge in [-0.3, -0.25) is 18.9 Å². The molecule has 0 rings (SSSR count). The second-order valence-corrected chi connectivity index (χ2v) is 12.8. The average Bonchev–Trinajstić information content (AvgIpc) is 3.03. The van der Waals surface area contributed by atoms with Crippen molar-refractivity contribution >= 4 is 25.5 Å². The van der Waals surface area contributed by atoms with E-state index in [-0.39, 0.29) is 25.2 Å². The molecule has 47 heavy (non-hydrogen) atoms. The molecule has 10 heteroatoms. The highest BCUT2D eigenvalue weighted by Crippen LogP contribution is 2.35. The summed E-state index contributed by atoms with van der Waals surface area (Å²) in [6.07, 6.45) is 35.1. The molecule has 2 N–H and O–H groups in total. The second kappa shape index (κ2) is 32.0. The summed E-state index contributed by atoms with van der Waals surface area (Å²) in [6.45, 7) is 3.39. The van der Waals surface area contributed by atoms with E-state index in [1.54, 1.807) is 12.2 Å². The van der Waals surface area contributed by atoms with Crippen molar-refractivity contribution in [1.29, 1.82) is 0 Å². The van der Waals surface area contributed by atoms with Gasteiger partial charge in [0, 0.05) is 19.3 Å². The maximum absolute atomic E-state index is 12.3. The average molecular weight is 681 g/mol. The number of phosphoric acid groups is 1. The molecule has 0 radical (unpaired) electrons. The smallest absolute Gasteiger partial charge is 0.462 e. The molecule has 0 amide bonds. The molecular weight excluding hydrogens is 619 g/mol. The van der Waals surface area contributed by atoms with E-state index in [1.165, 1.54) is 12.8 Å². The van der Waals surface area contributed by atoms with Crippen LogP contribution in [0.15, 0.2) is 60.8 Å². The van der Waals surface area contributed by atoms with E-state index in [1.807, 2.05) is 36.5 Å². The van der Waals surface area contributed by atoms with E-state index in [2.05, 4.69) is 30.5 Å². The van der Waals surface area contributed by atoms with Gasteiger partial charge in [-0.25, -0.2) is 4.57 Å². The molecule has 268 valence electrons. The van der Waals surface area contributed by atoms with Crippen molar-refractivity contribution in [3.8, 4) is 0 Å². The maximum atomic E-state index is 12.3. The number of carbonyl (C=O) groups is 3. The standard InChI is InChI=1S/C37H61O9P/c1-3-5-7-8-9-10-12-16-19-22-26-30-36(39)44-32-35(33-45-47(41,42)43)46-37(40)31-27-23-20-17-14-11-13-15-18-21-25-29-34(38)28-24-6-4-2/h8-9,11,13,17-18,20-21,25,29,35H,3-7,10,12,14-16,19,22-24,26-28,30-33H2,1-2H3,(H2,41,42,43)/b9-8-,13-11-,20-17-,21-18-,29-25+/t35-/m1/s1. The summed E-state index contributed by atoms with van der Waals surface area (Å²) in [7, 11) is -4.78. The summed E-state index contributed by atoms with van der Waals surface area (Å²) >= 11 is 0. The molecule has 0 aliphatic heterocycles. The van der Waals surface area contributed by atoms with E-state index < -0.39 is 32.5 Å². The zero-order valence-electron chi connectivity index (χ0n) is 28.9. The molecule has 9 nitrogen and oxygen atoms in total. The van der Waals surface area contributed by atoms with Gasteiger partial charge < -0.3 is 19.3 Å². The van der Waals surface area contributed by atoms with Crippen molar-refractivity contribution in [2.45, 2.75) is 142 Å². The SMILES string of the molecule is CCCC/C=C\CCCCCCCC(=O)OC[C@H](COP(=O)(O)O)OC(=O)CCC/C=C\C/C=C\C/C=C\C=C\C(=O)CCCCC. The first-order valence-electron chi connectivity index (χ1n) is 17.5. The zero-order valence-corrected chi connectivity index (χ0v) is 29.8. The Morgan fingerprint density at radius 1 is 0.617 bits per heavy atom. The van der Waals surface area contributed by atoms with Gasteiger partial charge in [0.2, 0.25) is 0 Å². The number of allylic oxidation sites excluding steroid dienone is 10. The molecule has 0 unspecified atom stereocenters. The highest BCUT2D eigenvalue weighted by molar-refractivity contribution is 7.46. The summed E-state index contributed by atoms with van der Waals surface area (Å²) in [5.74, 6) is -0.842. The molecule has 0 saturated carbocycles. The molecule has 0 spiro atoms. The highest BCUT2D eigenvalue weighted by Gasteiger charge is 2.22. The van der Waals surface area contributed by atoms with Gasteiger partial charge in [0.25, 0.3) is 0 Å². The van der Waals surface area contributed by atoms with Crippen LogP contribution in [0.2, 0.25) is 0 Å². The molecule has 0 aromatic heterocycles. The summed E-state index contributed by atoms with van der Waals surface area (Å²) in [4.78, 5) is 54.2. The molecule has 1 atom stereocenters. The van der Waals surface area contributed by atoms with E-state index >= 15 is 0 Å². The molecule has 0 heterocycles. The Labute approximate surface area is 283 Å². The Morgan fingerprint density at radius 3 is 1.91 bits per heavy atom. The van der Waals surface area contributed by atoms with Crippen LogP contribution in [0.25, 0.3) is 0 Å². The number of ether oxygens (including phenoxy) is 2. The van der Waals surface area contributed by atoms with Crippen molar-refractivity contribution in [1.82, 2.24) is 0 Å². The molecule has 0 fully saturated rings. The monoisotopic (exact) mass is 680 g/mol. The number of esters is 2. The second-order valence-electron chi connectivity index (χ2n) is 11.5. The number of ketones is 1. The zero-order chi connectivity index (χ0) is 34.9. The maximum Gasteiger partial charge on any atom is 0.469 e. The third-order valence-corrected chi connectivity index (χ3v) is 7.47. The Kier molecular flexibility index (Phi) is 30.2. The summed E-state index contributed by atoms with van der Waals surface area (Å²) in [6, 6.07) is 0. The van der Waals surface area contributed by atoms with Gasteiger partial charge in [0.1, 0.15) is 6.61 Å². The minimum absolute atomic E-state index is 0.106. The number of unbranched alkanes of at least 4 members (excludes halogenated alkanes) is 10. The lowest BCUT2D eigenvalue weighted by Crippen LogP contribution is -2.29. The normalized spacial score (nSPS) is 13.1. The Hall–Kier alpha value is -2.58. The van der Waals surface area contributed by atoms with Crippen molar-refractivity contribution in [2.75, 3.05) is 13.2 Å². The Balaban J connectivity index is 4.19. The van der Waals surface area contributed by atoms with E-state index in [0.717, 1.165) is 70.6 Å². The van der Waals surface area contributed by atoms with Crippen molar-refractivity contribution < 1.29 is 42.7 Å². The molecule has 0 aromatic rings. The lowest BCUT2D eigenvalue weighted by atomic mass is 10.1. The number of hydrogen-bond acceptors (Lipinski definition) is 7. The predicted octanol–water partition coefficient (Wildman–Crippen LogP) is 9.35. The van der Waals surface area contributed by atoms with Crippen LogP contribution >= 0.6 is 7.82 Å². The minimum Gasteiger partial charge on any atom is -0.462 e. The number of hydrogen-bond donors (Lipinski definition) is 2. The fraction of sp³-hybridized carbons (Fsp3) is 0.649. The van der Waals surface area contributed by atoms with Crippen molar-refractivity contribution in [2.24, 2.45) is 0 Å². The quantitative estimate of drug-likeness (QED) is 0.0183. The van der Waals surface area contributed by atoms with Crippen LogP contribution in [0, 0.1) is 0 Å². The van der Waals surface area contributed by atoms with Gasteiger partial charge in [0.15, 0.2) is 11.9 Å². The largest absolute Gasteiger partial charge is 0.469 e. The Bertz CT molecular complexity index is 1010. The van der Waals surface area contributed by atoms with Crippen LogP contribution in [0.5, 0.6) is 0 Å². The predicted molar refractivity (Wildman–Crippen MR) is 189 cm³/mol. The van der Waals surface area contributed by atoms with Crippen LogP contribution < -0.4 is 0 Å². The minimum atomic E-state index is -4.78. The third kappa shape index (κ3) is 34.6. The molecule has 0 bridgehead atoms. The fourth-order valence-electron chi connectivity index (χ4n) is 4.30. The van der Waals surface area contributed by atoms with Crippen LogP contribution in [0.1, 0.15) is 136 Å².